The van der Waals surface area contributed by atoms with Crippen molar-refractivity contribution in [1.29, 1.82) is 0 Å². The van der Waals surface area contributed by atoms with Gasteiger partial charge in [-0.15, -0.1) is 0 Å². The Morgan fingerprint density at radius 1 is 1.32 bits per heavy atom. The molecule has 4 nitrogen and oxygen atoms in total. The number of rotatable bonds is 3. The molecule has 0 amide bonds. The lowest BCUT2D eigenvalue weighted by Crippen LogP contribution is -2.44. The molecule has 4 heteroatoms. The van der Waals surface area contributed by atoms with Gasteiger partial charge in [-0.25, -0.2) is 0 Å². The summed E-state index contributed by atoms with van der Waals surface area (Å²) in [5, 5.41) is 10.0. The van der Waals surface area contributed by atoms with Gasteiger partial charge in [-0.1, -0.05) is 12.1 Å². The van der Waals surface area contributed by atoms with Crippen LogP contribution in [0.25, 0.3) is 0 Å². The summed E-state index contributed by atoms with van der Waals surface area (Å²) < 4.78 is 5.15. The average molecular weight is 261 g/mol. The highest BCUT2D eigenvalue weighted by atomic mass is 16.5. The Hall–Kier alpha value is -1.39. The quantitative estimate of drug-likeness (QED) is 0.892. The standard InChI is InChI=1S/C15H19NO3/c1-19-13-4-2-10(3-5-13)9-16-11-6-12(17)8-14(16)15(18)7-11/h2-5,11,14-15,18H,6-9H2,1H3/t11-,14+,15-/m0/s1. The molecule has 2 saturated heterocycles. The number of hydrogen-bond acceptors (Lipinski definition) is 4. The number of carbonyl (C=O) groups is 1. The lowest BCUT2D eigenvalue weighted by Gasteiger charge is -2.34. The Morgan fingerprint density at radius 2 is 2.05 bits per heavy atom. The maximum Gasteiger partial charge on any atom is 0.136 e. The topological polar surface area (TPSA) is 49.8 Å². The average Bonchev–Trinajstić information content (AvgIpc) is 2.58. The van der Waals surface area contributed by atoms with Gasteiger partial charge in [0.25, 0.3) is 0 Å². The van der Waals surface area contributed by atoms with Gasteiger partial charge in [-0.05, 0) is 24.1 Å². The second-order valence-electron chi connectivity index (χ2n) is 5.49. The van der Waals surface area contributed by atoms with E-state index in [-0.39, 0.29) is 24.0 Å². The highest BCUT2D eigenvalue weighted by molar-refractivity contribution is 5.81. The van der Waals surface area contributed by atoms with Crippen LogP contribution in [0.1, 0.15) is 24.8 Å². The number of nitrogens with zero attached hydrogens (tertiary/aromatic N) is 1. The number of Topliss-reactive ketones (excluding diaryl/α,β-unsaturated/α-hetero) is 1. The van der Waals surface area contributed by atoms with E-state index in [9.17, 15) is 9.90 Å². The summed E-state index contributed by atoms with van der Waals surface area (Å²) in [7, 11) is 1.65. The minimum atomic E-state index is -0.352. The molecule has 1 aromatic carbocycles. The third-order valence-electron chi connectivity index (χ3n) is 4.28. The second-order valence-corrected chi connectivity index (χ2v) is 5.49. The Labute approximate surface area is 113 Å². The molecule has 2 aliphatic heterocycles. The van der Waals surface area contributed by atoms with Gasteiger partial charge in [0.1, 0.15) is 11.5 Å². The predicted molar refractivity (Wildman–Crippen MR) is 71.0 cm³/mol. The van der Waals surface area contributed by atoms with Crippen LogP contribution in [-0.4, -0.2) is 41.1 Å². The van der Waals surface area contributed by atoms with Crippen LogP contribution in [0.4, 0.5) is 0 Å². The fourth-order valence-electron chi connectivity index (χ4n) is 3.28. The van der Waals surface area contributed by atoms with Crippen molar-refractivity contribution in [2.75, 3.05) is 7.11 Å². The van der Waals surface area contributed by atoms with Gasteiger partial charge < -0.3 is 9.84 Å². The van der Waals surface area contributed by atoms with Crippen LogP contribution in [0, 0.1) is 0 Å². The minimum Gasteiger partial charge on any atom is -0.497 e. The summed E-state index contributed by atoms with van der Waals surface area (Å²) in [5.41, 5.74) is 1.19. The number of methoxy groups -OCH3 is 1. The summed E-state index contributed by atoms with van der Waals surface area (Å²) in [6.07, 6.45) is 1.46. The van der Waals surface area contributed by atoms with Crippen molar-refractivity contribution in [1.82, 2.24) is 4.90 Å². The van der Waals surface area contributed by atoms with E-state index in [1.165, 1.54) is 5.56 Å². The molecule has 0 unspecified atom stereocenters. The lowest BCUT2D eigenvalue weighted by molar-refractivity contribution is -0.124. The van der Waals surface area contributed by atoms with Gasteiger partial charge in [0.2, 0.25) is 0 Å². The molecule has 102 valence electrons. The summed E-state index contributed by atoms with van der Waals surface area (Å²) in [6.45, 7) is 0.795. The van der Waals surface area contributed by atoms with E-state index in [4.69, 9.17) is 4.74 Å². The van der Waals surface area contributed by atoms with Crippen LogP contribution < -0.4 is 4.74 Å². The molecule has 2 bridgehead atoms. The van der Waals surface area contributed by atoms with Crippen molar-refractivity contribution in [3.8, 4) is 5.75 Å². The predicted octanol–water partition coefficient (Wildman–Crippen LogP) is 1.36. The Balaban J connectivity index is 1.74. The van der Waals surface area contributed by atoms with Crippen molar-refractivity contribution in [2.45, 2.75) is 44.0 Å². The van der Waals surface area contributed by atoms with Gasteiger partial charge >= 0.3 is 0 Å². The number of aliphatic hydroxyl groups excluding tert-OH is 1. The number of carbonyl (C=O) groups excluding carboxylic acids is 1. The summed E-state index contributed by atoms with van der Waals surface area (Å²) in [4.78, 5) is 13.9. The van der Waals surface area contributed by atoms with Crippen molar-refractivity contribution >= 4 is 5.78 Å². The molecule has 0 aromatic heterocycles. The Kier molecular flexibility index (Phi) is 3.29. The number of ether oxygens (including phenoxy) is 1. The third kappa shape index (κ3) is 2.38. The molecule has 0 spiro atoms. The number of aliphatic hydroxyl groups is 1. The van der Waals surface area contributed by atoms with Crippen LogP contribution in [0.15, 0.2) is 24.3 Å². The molecule has 2 fully saturated rings. The Bertz CT molecular complexity index is 471. The first-order chi connectivity index (χ1) is 9.17. The van der Waals surface area contributed by atoms with Crippen molar-refractivity contribution in [2.24, 2.45) is 0 Å². The van der Waals surface area contributed by atoms with Crippen LogP contribution >= 0.6 is 0 Å². The van der Waals surface area contributed by atoms with Crippen LogP contribution in [0.2, 0.25) is 0 Å². The molecule has 1 aromatic rings. The van der Waals surface area contributed by atoms with Crippen LogP contribution in [-0.2, 0) is 11.3 Å². The first-order valence-corrected chi connectivity index (χ1v) is 6.76. The zero-order chi connectivity index (χ0) is 13.4. The van der Waals surface area contributed by atoms with Gasteiger partial charge in [-0.2, -0.15) is 0 Å². The smallest absolute Gasteiger partial charge is 0.136 e. The van der Waals surface area contributed by atoms with E-state index in [0.29, 0.717) is 12.8 Å². The number of piperidine rings is 1. The van der Waals surface area contributed by atoms with Crippen LogP contribution in [0.5, 0.6) is 5.75 Å². The van der Waals surface area contributed by atoms with Crippen LogP contribution in [0.3, 0.4) is 0 Å². The summed E-state index contributed by atoms with van der Waals surface area (Å²) in [5.74, 6) is 1.14. The zero-order valence-electron chi connectivity index (χ0n) is 11.1. The van der Waals surface area contributed by atoms with Gasteiger partial charge in [0, 0.05) is 31.5 Å². The fraction of sp³-hybridized carbons (Fsp3) is 0.533. The number of fused-ring (bicyclic) bond motifs is 2. The molecule has 3 rings (SSSR count). The molecule has 0 saturated carbocycles. The van der Waals surface area contributed by atoms with E-state index >= 15 is 0 Å². The highest BCUT2D eigenvalue weighted by Gasteiger charge is 2.45. The first-order valence-electron chi connectivity index (χ1n) is 6.76. The van der Waals surface area contributed by atoms with Gasteiger partial charge in [0.15, 0.2) is 0 Å². The van der Waals surface area contributed by atoms with Crippen molar-refractivity contribution in [3.05, 3.63) is 29.8 Å². The maximum absolute atomic E-state index is 11.6. The largest absolute Gasteiger partial charge is 0.497 e. The van der Waals surface area contributed by atoms with E-state index in [1.54, 1.807) is 7.11 Å². The molecule has 1 N–H and O–H groups in total. The Morgan fingerprint density at radius 3 is 2.68 bits per heavy atom. The fourth-order valence-corrected chi connectivity index (χ4v) is 3.28. The first kappa shape index (κ1) is 12.6. The highest BCUT2D eigenvalue weighted by Crippen LogP contribution is 2.35. The van der Waals surface area contributed by atoms with Crippen molar-refractivity contribution in [3.63, 3.8) is 0 Å². The van der Waals surface area contributed by atoms with E-state index in [1.807, 2.05) is 24.3 Å². The molecule has 0 aliphatic carbocycles. The molecular weight excluding hydrogens is 242 g/mol. The second kappa shape index (κ2) is 4.94. The van der Waals surface area contributed by atoms with Gasteiger partial charge in [0.05, 0.1) is 13.2 Å². The zero-order valence-corrected chi connectivity index (χ0v) is 11.1. The molecule has 2 heterocycles. The molecular formula is C15H19NO3. The van der Waals surface area contributed by atoms with E-state index < -0.39 is 0 Å². The summed E-state index contributed by atoms with van der Waals surface area (Å²) in [6, 6.07) is 8.20. The molecule has 2 aliphatic rings. The number of benzene rings is 1. The van der Waals surface area contributed by atoms with E-state index in [2.05, 4.69) is 4.90 Å². The minimum absolute atomic E-state index is 0.00773. The number of hydrogen-bond donors (Lipinski definition) is 1. The molecule has 19 heavy (non-hydrogen) atoms. The van der Waals surface area contributed by atoms with Gasteiger partial charge in [-0.3, -0.25) is 9.69 Å². The number of ketones is 1. The normalized spacial score (nSPS) is 30.6. The SMILES string of the molecule is COc1ccc(CN2[C@H]3CC(=O)C[C@@H]2[C@@H](O)C3)cc1. The van der Waals surface area contributed by atoms with Crippen molar-refractivity contribution < 1.29 is 14.6 Å². The lowest BCUT2D eigenvalue weighted by atomic mass is 10.0. The van der Waals surface area contributed by atoms with E-state index in [0.717, 1.165) is 18.7 Å². The third-order valence-corrected chi connectivity index (χ3v) is 4.28. The summed E-state index contributed by atoms with van der Waals surface area (Å²) >= 11 is 0. The monoisotopic (exact) mass is 261 g/mol. The maximum atomic E-state index is 11.6. The molecule has 3 atom stereocenters. The molecule has 0 radical (unpaired) electrons.